The van der Waals surface area contributed by atoms with Gasteiger partial charge in [0.1, 0.15) is 23.6 Å². The molecule has 1 aliphatic heterocycles. The predicted molar refractivity (Wildman–Crippen MR) is 116 cm³/mol. The molecule has 1 fully saturated rings. The number of anilines is 1. The minimum Gasteiger partial charge on any atom is -0.496 e. The second-order valence-corrected chi connectivity index (χ2v) is 8.70. The lowest BCUT2D eigenvalue weighted by atomic mass is 9.85. The first-order valence-electron chi connectivity index (χ1n) is 10.4. The Morgan fingerprint density at radius 3 is 2.53 bits per heavy atom. The van der Waals surface area contributed by atoms with Crippen LogP contribution in [-0.2, 0) is 0 Å². The number of rotatable bonds is 6. The Kier molecular flexibility index (Phi) is 6.32. The van der Waals surface area contributed by atoms with E-state index in [4.69, 9.17) is 22.1 Å². The zero-order chi connectivity index (χ0) is 24.9. The molecule has 13 heteroatoms. The summed E-state index contributed by atoms with van der Waals surface area (Å²) in [6, 6.07) is 0.985. The molecule has 4 rings (SSSR count). The quantitative estimate of drug-likeness (QED) is 0.481. The monoisotopic (exact) mass is 504 g/mol. The lowest BCUT2D eigenvalue weighted by Gasteiger charge is -2.41. The number of benzene rings is 1. The number of alkyl halides is 5. The summed E-state index contributed by atoms with van der Waals surface area (Å²) in [5.41, 5.74) is 7.32. The first-order chi connectivity index (χ1) is 15.9. The summed E-state index contributed by atoms with van der Waals surface area (Å²) in [6.07, 6.45) is -6.03. The van der Waals surface area contributed by atoms with Gasteiger partial charge in [-0.1, -0.05) is 11.6 Å². The van der Waals surface area contributed by atoms with Gasteiger partial charge < -0.3 is 10.5 Å². The van der Waals surface area contributed by atoms with Crippen molar-refractivity contribution in [2.75, 3.05) is 32.5 Å². The molecule has 0 aliphatic carbocycles. The van der Waals surface area contributed by atoms with Gasteiger partial charge in [0.2, 0.25) is 0 Å². The summed E-state index contributed by atoms with van der Waals surface area (Å²) in [5, 5.41) is 4.41. The van der Waals surface area contributed by atoms with E-state index in [1.165, 1.54) is 16.7 Å². The van der Waals surface area contributed by atoms with Crippen molar-refractivity contribution < 1.29 is 26.7 Å². The molecule has 0 amide bonds. The highest BCUT2D eigenvalue weighted by molar-refractivity contribution is 6.31. The van der Waals surface area contributed by atoms with Crippen LogP contribution in [-0.4, -0.2) is 57.6 Å². The van der Waals surface area contributed by atoms with Crippen LogP contribution in [0.15, 0.2) is 12.4 Å². The molecule has 2 N–H and O–H groups in total. The maximum Gasteiger partial charge on any atom is 0.401 e. The molecule has 3 heterocycles. The Morgan fingerprint density at radius 2 is 1.94 bits per heavy atom. The molecule has 2 aromatic heterocycles. The molecule has 0 spiro atoms. The molecule has 184 valence electrons. The average Bonchev–Trinajstić information content (AvgIpc) is 3.12. The van der Waals surface area contributed by atoms with Crippen LogP contribution >= 0.6 is 11.6 Å². The zero-order valence-electron chi connectivity index (χ0n) is 18.5. The number of fused-ring (bicyclic) bond motifs is 1. The second-order valence-electron chi connectivity index (χ2n) is 8.29. The Morgan fingerprint density at radius 1 is 1.26 bits per heavy atom. The van der Waals surface area contributed by atoms with Crippen LogP contribution in [0.25, 0.3) is 11.0 Å². The highest BCUT2D eigenvalue weighted by atomic mass is 35.5. The average molecular weight is 505 g/mol. The fraction of sp³-hybridized carbons (Fsp3) is 0.476. The summed E-state index contributed by atoms with van der Waals surface area (Å²) in [6.45, 7) is 2.87. The van der Waals surface area contributed by atoms with E-state index in [2.05, 4.69) is 15.1 Å². The molecular formula is C21H22ClF5N6O. The summed E-state index contributed by atoms with van der Waals surface area (Å²) in [7, 11) is 1.44. The van der Waals surface area contributed by atoms with E-state index in [0.29, 0.717) is 27.5 Å². The second kappa shape index (κ2) is 8.81. The van der Waals surface area contributed by atoms with Gasteiger partial charge in [0.15, 0.2) is 5.65 Å². The third-order valence-corrected chi connectivity index (χ3v) is 6.49. The first-order valence-corrected chi connectivity index (χ1v) is 10.7. The van der Waals surface area contributed by atoms with Gasteiger partial charge in [0, 0.05) is 35.2 Å². The smallest absolute Gasteiger partial charge is 0.401 e. The third kappa shape index (κ3) is 4.24. The minimum atomic E-state index is -4.29. The van der Waals surface area contributed by atoms with Crippen LogP contribution < -0.4 is 10.5 Å². The number of ether oxygens (including phenoxy) is 1. The lowest BCUT2D eigenvalue weighted by Crippen LogP contribution is -2.49. The van der Waals surface area contributed by atoms with E-state index in [9.17, 15) is 22.0 Å². The maximum atomic E-state index is 13.7. The largest absolute Gasteiger partial charge is 0.496 e. The third-order valence-electron chi connectivity index (χ3n) is 6.09. The van der Waals surface area contributed by atoms with Crippen LogP contribution in [0.1, 0.15) is 47.7 Å². The van der Waals surface area contributed by atoms with Crippen molar-refractivity contribution in [2.24, 2.45) is 0 Å². The molecule has 1 atom stereocenters. The molecular weight excluding hydrogens is 483 g/mol. The van der Waals surface area contributed by atoms with Gasteiger partial charge in [-0.2, -0.15) is 18.3 Å². The topological polar surface area (TPSA) is 82.1 Å². The summed E-state index contributed by atoms with van der Waals surface area (Å²) in [4.78, 5) is 9.19. The number of methoxy groups -OCH3 is 1. The van der Waals surface area contributed by atoms with Crippen LogP contribution in [0.2, 0.25) is 5.02 Å². The molecule has 1 aliphatic rings. The summed E-state index contributed by atoms with van der Waals surface area (Å²) >= 11 is 6.50. The maximum absolute atomic E-state index is 13.7. The Balaban J connectivity index is 1.79. The highest BCUT2D eigenvalue weighted by Gasteiger charge is 2.40. The summed E-state index contributed by atoms with van der Waals surface area (Å²) in [5.74, 6) is 0.0776. The first kappa shape index (κ1) is 24.4. The van der Waals surface area contributed by atoms with Gasteiger partial charge in [-0.05, 0) is 25.5 Å². The Labute approximate surface area is 196 Å². The molecule has 34 heavy (non-hydrogen) atoms. The van der Waals surface area contributed by atoms with Crippen LogP contribution in [0.5, 0.6) is 5.75 Å². The number of likely N-dealkylation sites (tertiary alicyclic amines) is 1. The van der Waals surface area contributed by atoms with Gasteiger partial charge >= 0.3 is 6.18 Å². The number of hydrogen-bond donors (Lipinski definition) is 1. The van der Waals surface area contributed by atoms with Crippen molar-refractivity contribution in [3.8, 4) is 5.75 Å². The standard InChI is InChI=1S/C21H22ClF5N6O/c1-9-13(22)4-12(17(34-3)14(9)11-5-32(6-11)7-21(25,26)27)10(2)33-20-15(16(31-33)18(23)24)19(28)29-8-30-20/h4,8,10-11,18H,5-7H2,1-3H3,(H2,28,29,30). The predicted octanol–water partition coefficient (Wildman–Crippen LogP) is 4.89. The van der Waals surface area contributed by atoms with Crippen LogP contribution in [0.3, 0.4) is 0 Å². The number of nitrogens with two attached hydrogens (primary N) is 1. The van der Waals surface area contributed by atoms with Gasteiger partial charge in [-0.3, -0.25) is 4.90 Å². The molecule has 1 aromatic carbocycles. The van der Waals surface area contributed by atoms with Crippen molar-refractivity contribution in [1.29, 1.82) is 0 Å². The van der Waals surface area contributed by atoms with Gasteiger partial charge in [0.05, 0.1) is 25.1 Å². The Bertz CT molecular complexity index is 1220. The van der Waals surface area contributed by atoms with E-state index in [0.717, 1.165) is 6.33 Å². The van der Waals surface area contributed by atoms with E-state index in [-0.39, 0.29) is 35.9 Å². The fourth-order valence-corrected chi connectivity index (χ4v) is 4.73. The van der Waals surface area contributed by atoms with Crippen LogP contribution in [0.4, 0.5) is 27.8 Å². The number of hydrogen-bond acceptors (Lipinski definition) is 6. The Hall–Kier alpha value is -2.73. The van der Waals surface area contributed by atoms with Gasteiger partial charge in [-0.25, -0.2) is 23.4 Å². The highest BCUT2D eigenvalue weighted by Crippen LogP contribution is 2.44. The molecule has 1 saturated heterocycles. The normalized spacial score (nSPS) is 16.3. The SMILES string of the molecule is COc1c(C(C)n2nc(C(F)F)c3c(N)ncnc32)cc(Cl)c(C)c1C1CN(CC(F)(F)F)C1. The van der Waals surface area contributed by atoms with Gasteiger partial charge in [0.25, 0.3) is 6.43 Å². The van der Waals surface area contributed by atoms with E-state index in [1.54, 1.807) is 19.9 Å². The van der Waals surface area contributed by atoms with E-state index < -0.39 is 30.9 Å². The molecule has 0 saturated carbocycles. The fourth-order valence-electron chi connectivity index (χ4n) is 4.51. The number of nitrogen functional groups attached to an aromatic ring is 1. The van der Waals surface area contributed by atoms with Crippen molar-refractivity contribution in [3.05, 3.63) is 39.8 Å². The van der Waals surface area contributed by atoms with Crippen molar-refractivity contribution in [2.45, 2.75) is 38.4 Å². The molecule has 7 nitrogen and oxygen atoms in total. The molecule has 0 bridgehead atoms. The van der Waals surface area contributed by atoms with Gasteiger partial charge in [-0.15, -0.1) is 0 Å². The molecule has 3 aromatic rings. The van der Waals surface area contributed by atoms with E-state index >= 15 is 0 Å². The summed E-state index contributed by atoms with van der Waals surface area (Å²) < 4.78 is 72.6. The van der Waals surface area contributed by atoms with Crippen molar-refractivity contribution >= 4 is 28.5 Å². The van der Waals surface area contributed by atoms with E-state index in [1.807, 2.05) is 0 Å². The zero-order valence-corrected chi connectivity index (χ0v) is 19.3. The number of aromatic nitrogens is 4. The van der Waals surface area contributed by atoms with Crippen LogP contribution in [0, 0.1) is 6.92 Å². The van der Waals surface area contributed by atoms with Crippen molar-refractivity contribution in [1.82, 2.24) is 24.6 Å². The number of nitrogens with zero attached hydrogens (tertiary/aromatic N) is 5. The van der Waals surface area contributed by atoms with Crippen molar-refractivity contribution in [3.63, 3.8) is 0 Å². The lowest BCUT2D eigenvalue weighted by molar-refractivity contribution is -0.154. The number of halogens is 6. The molecule has 1 unspecified atom stereocenters. The minimum absolute atomic E-state index is 0.0384. The molecule has 0 radical (unpaired) electrons.